The molecule has 1 aliphatic rings. The van der Waals surface area contributed by atoms with Crippen LogP contribution in [-0.2, 0) is 0 Å². The first-order chi connectivity index (χ1) is 7.99. The van der Waals surface area contributed by atoms with Crippen molar-refractivity contribution in [3.8, 4) is 0 Å². The third-order valence-corrected chi connectivity index (χ3v) is 4.26. The zero-order valence-electron chi connectivity index (χ0n) is 9.91. The second-order valence-corrected chi connectivity index (χ2v) is 6.11. The number of halogens is 2. The maximum absolute atomic E-state index is 12.3. The van der Waals surface area contributed by atoms with Crippen LogP contribution in [0, 0.1) is 11.8 Å². The Labute approximate surface area is 115 Å². The van der Waals surface area contributed by atoms with E-state index in [2.05, 4.69) is 29.8 Å². The fourth-order valence-electron chi connectivity index (χ4n) is 2.13. The summed E-state index contributed by atoms with van der Waals surface area (Å²) in [5, 5.41) is 0.519. The Morgan fingerprint density at radius 3 is 2.53 bits per heavy atom. The summed E-state index contributed by atoms with van der Waals surface area (Å²) in [7, 11) is 0. The molecule has 0 radical (unpaired) electrons. The summed E-state index contributed by atoms with van der Waals surface area (Å²) in [6.45, 7) is 6.01. The van der Waals surface area contributed by atoms with Crippen LogP contribution in [0.3, 0.4) is 0 Å². The van der Waals surface area contributed by atoms with Crippen LogP contribution in [0.1, 0.15) is 24.2 Å². The predicted molar refractivity (Wildman–Crippen MR) is 73.4 cm³/mol. The number of carbonyl (C=O) groups excluding carboxylic acids is 1. The van der Waals surface area contributed by atoms with Crippen LogP contribution in [0.15, 0.2) is 22.7 Å². The number of amides is 1. The third-order valence-electron chi connectivity index (χ3n) is 3.43. The summed E-state index contributed by atoms with van der Waals surface area (Å²) >= 11 is 9.44. The van der Waals surface area contributed by atoms with E-state index in [9.17, 15) is 4.79 Å². The van der Waals surface area contributed by atoms with Crippen LogP contribution >= 0.6 is 27.5 Å². The number of hydrogen-bond donors (Lipinski definition) is 0. The van der Waals surface area contributed by atoms with Crippen LogP contribution in [0.25, 0.3) is 0 Å². The van der Waals surface area contributed by atoms with Gasteiger partial charge in [-0.2, -0.15) is 0 Å². The van der Waals surface area contributed by atoms with Crippen molar-refractivity contribution in [3.05, 3.63) is 33.3 Å². The van der Waals surface area contributed by atoms with Gasteiger partial charge < -0.3 is 4.90 Å². The van der Waals surface area contributed by atoms with Gasteiger partial charge in [0.2, 0.25) is 0 Å². The molecule has 1 saturated heterocycles. The van der Waals surface area contributed by atoms with Gasteiger partial charge in [-0.1, -0.05) is 41.4 Å². The van der Waals surface area contributed by atoms with Crippen molar-refractivity contribution < 1.29 is 4.79 Å². The molecule has 1 aromatic rings. The number of benzene rings is 1. The number of nitrogens with zero attached hydrogens (tertiary/aromatic N) is 1. The second-order valence-electron chi connectivity index (χ2n) is 4.79. The maximum atomic E-state index is 12.3. The molecule has 2 nitrogen and oxygen atoms in total. The lowest BCUT2D eigenvalue weighted by molar-refractivity contribution is 0.0785. The van der Waals surface area contributed by atoms with Gasteiger partial charge in [0, 0.05) is 17.6 Å². The Morgan fingerprint density at radius 2 is 1.94 bits per heavy atom. The second kappa shape index (κ2) is 4.99. The van der Waals surface area contributed by atoms with Gasteiger partial charge in [-0.3, -0.25) is 4.79 Å². The molecule has 2 atom stereocenters. The van der Waals surface area contributed by atoms with E-state index in [0.29, 0.717) is 22.4 Å². The van der Waals surface area contributed by atoms with Crippen molar-refractivity contribution >= 4 is 33.4 Å². The molecule has 92 valence electrons. The molecule has 1 aliphatic heterocycles. The van der Waals surface area contributed by atoms with Gasteiger partial charge in [-0.05, 0) is 30.0 Å². The predicted octanol–water partition coefficient (Wildman–Crippen LogP) is 3.83. The Hall–Kier alpha value is -0.540. The monoisotopic (exact) mass is 315 g/mol. The van der Waals surface area contributed by atoms with Crippen LogP contribution in [-0.4, -0.2) is 23.9 Å². The Bertz CT molecular complexity index is 439. The molecule has 1 fully saturated rings. The van der Waals surface area contributed by atoms with Gasteiger partial charge in [0.25, 0.3) is 5.91 Å². The minimum atomic E-state index is 0.0347. The fourth-order valence-corrected chi connectivity index (χ4v) is 2.69. The van der Waals surface area contributed by atoms with E-state index < -0.39 is 0 Å². The summed E-state index contributed by atoms with van der Waals surface area (Å²) < 4.78 is 0.880. The van der Waals surface area contributed by atoms with E-state index in [-0.39, 0.29) is 5.91 Å². The normalized spacial score (nSPS) is 24.1. The molecule has 0 saturated carbocycles. The minimum Gasteiger partial charge on any atom is -0.338 e. The summed E-state index contributed by atoms with van der Waals surface area (Å²) in [6, 6.07) is 5.38. The standard InChI is InChI=1S/C13H15BrClNO/c1-8-6-16(7-9(8)2)13(17)11-5-10(14)3-4-12(11)15/h3-5,8-9H,6-7H2,1-2H3. The highest BCUT2D eigenvalue weighted by Gasteiger charge is 2.30. The molecule has 0 N–H and O–H groups in total. The zero-order valence-corrected chi connectivity index (χ0v) is 12.3. The first kappa shape index (κ1) is 12.9. The molecule has 17 heavy (non-hydrogen) atoms. The van der Waals surface area contributed by atoms with Crippen LogP contribution in [0.5, 0.6) is 0 Å². The summed E-state index contributed by atoms with van der Waals surface area (Å²) in [6.07, 6.45) is 0. The quantitative estimate of drug-likeness (QED) is 0.771. The molecule has 0 aliphatic carbocycles. The smallest absolute Gasteiger partial charge is 0.255 e. The van der Waals surface area contributed by atoms with Crippen LogP contribution < -0.4 is 0 Å². The van der Waals surface area contributed by atoms with Crippen molar-refractivity contribution in [1.29, 1.82) is 0 Å². The summed E-state index contributed by atoms with van der Waals surface area (Å²) in [5.41, 5.74) is 0.586. The molecule has 2 rings (SSSR count). The topological polar surface area (TPSA) is 20.3 Å². The summed E-state index contributed by atoms with van der Waals surface area (Å²) in [4.78, 5) is 14.2. The number of likely N-dealkylation sites (tertiary alicyclic amines) is 1. The van der Waals surface area contributed by atoms with Crippen LogP contribution in [0.2, 0.25) is 5.02 Å². The molecule has 4 heteroatoms. The molecule has 0 bridgehead atoms. The first-order valence-electron chi connectivity index (χ1n) is 5.73. The van der Waals surface area contributed by atoms with Crippen molar-refractivity contribution in [2.24, 2.45) is 11.8 Å². The van der Waals surface area contributed by atoms with E-state index in [1.807, 2.05) is 11.0 Å². The van der Waals surface area contributed by atoms with Gasteiger partial charge in [-0.25, -0.2) is 0 Å². The summed E-state index contributed by atoms with van der Waals surface area (Å²) in [5.74, 6) is 1.15. The molecule has 1 heterocycles. The Morgan fingerprint density at radius 1 is 1.35 bits per heavy atom. The van der Waals surface area contributed by atoms with Crippen molar-refractivity contribution in [2.45, 2.75) is 13.8 Å². The lowest BCUT2D eigenvalue weighted by Gasteiger charge is -2.17. The highest BCUT2D eigenvalue weighted by Crippen LogP contribution is 2.27. The number of rotatable bonds is 1. The van der Waals surface area contributed by atoms with Gasteiger partial charge in [0.1, 0.15) is 0 Å². The Kier molecular flexibility index (Phi) is 3.79. The van der Waals surface area contributed by atoms with Crippen LogP contribution in [0.4, 0.5) is 0 Å². The van der Waals surface area contributed by atoms with Crippen molar-refractivity contribution in [3.63, 3.8) is 0 Å². The molecular weight excluding hydrogens is 302 g/mol. The van der Waals surface area contributed by atoms with Crippen molar-refractivity contribution in [1.82, 2.24) is 4.90 Å². The van der Waals surface area contributed by atoms with E-state index in [4.69, 9.17) is 11.6 Å². The minimum absolute atomic E-state index is 0.0347. The lowest BCUT2D eigenvalue weighted by Crippen LogP contribution is -2.29. The molecular formula is C13H15BrClNO. The average molecular weight is 317 g/mol. The molecule has 1 aromatic carbocycles. The fraction of sp³-hybridized carbons (Fsp3) is 0.462. The third kappa shape index (κ3) is 2.66. The lowest BCUT2D eigenvalue weighted by atomic mass is 10.0. The van der Waals surface area contributed by atoms with Gasteiger partial charge in [0.05, 0.1) is 10.6 Å². The van der Waals surface area contributed by atoms with Gasteiger partial charge >= 0.3 is 0 Å². The largest absolute Gasteiger partial charge is 0.338 e. The zero-order chi connectivity index (χ0) is 12.6. The van der Waals surface area contributed by atoms with E-state index in [0.717, 1.165) is 17.6 Å². The van der Waals surface area contributed by atoms with Gasteiger partial charge in [-0.15, -0.1) is 0 Å². The van der Waals surface area contributed by atoms with E-state index >= 15 is 0 Å². The highest BCUT2D eigenvalue weighted by atomic mass is 79.9. The SMILES string of the molecule is CC1CN(C(=O)c2cc(Br)ccc2Cl)CC1C. The maximum Gasteiger partial charge on any atom is 0.255 e. The molecule has 1 amide bonds. The van der Waals surface area contributed by atoms with E-state index in [1.165, 1.54) is 0 Å². The number of carbonyl (C=O) groups is 1. The average Bonchev–Trinajstić information content (AvgIpc) is 2.62. The van der Waals surface area contributed by atoms with Gasteiger partial charge in [0.15, 0.2) is 0 Å². The molecule has 2 unspecified atom stereocenters. The highest BCUT2D eigenvalue weighted by molar-refractivity contribution is 9.10. The number of hydrogen-bond acceptors (Lipinski definition) is 1. The van der Waals surface area contributed by atoms with Crippen molar-refractivity contribution in [2.75, 3.05) is 13.1 Å². The molecule has 0 aromatic heterocycles. The first-order valence-corrected chi connectivity index (χ1v) is 6.90. The Balaban J connectivity index is 2.23. The molecule has 0 spiro atoms. The van der Waals surface area contributed by atoms with E-state index in [1.54, 1.807) is 12.1 Å².